The van der Waals surface area contributed by atoms with Gasteiger partial charge in [-0.15, -0.1) is 0 Å². The molecule has 2 aromatic rings. The summed E-state index contributed by atoms with van der Waals surface area (Å²) in [5, 5.41) is 2.87. The molecule has 1 aliphatic rings. The maximum absolute atomic E-state index is 13.0. The molecule has 1 aliphatic heterocycles. The molecule has 0 atom stereocenters. The van der Waals surface area contributed by atoms with E-state index < -0.39 is 5.41 Å². The van der Waals surface area contributed by atoms with Crippen LogP contribution >= 0.6 is 0 Å². The summed E-state index contributed by atoms with van der Waals surface area (Å²) >= 11 is 0. The Morgan fingerprint density at radius 2 is 1.72 bits per heavy atom. The molecule has 2 heterocycles. The normalized spacial score (nSPS) is 14.4. The maximum Gasteiger partial charge on any atom is 0.237 e. The number of aromatic nitrogens is 2. The summed E-state index contributed by atoms with van der Waals surface area (Å²) in [5.74, 6) is 0.885. The molecule has 154 valence electrons. The number of hydrogen-bond acceptors (Lipinski definition) is 6. The van der Waals surface area contributed by atoms with Gasteiger partial charge in [0, 0.05) is 50.7 Å². The van der Waals surface area contributed by atoms with Crippen molar-refractivity contribution in [2.45, 2.75) is 20.4 Å². The summed E-state index contributed by atoms with van der Waals surface area (Å²) in [4.78, 5) is 38.1. The first-order valence-electron chi connectivity index (χ1n) is 9.65. The molecule has 1 fully saturated rings. The molecule has 0 radical (unpaired) electrons. The Morgan fingerprint density at radius 3 is 2.38 bits per heavy atom. The molecule has 1 aromatic heterocycles. The highest BCUT2D eigenvalue weighted by Crippen LogP contribution is 2.23. The lowest BCUT2D eigenvalue weighted by Gasteiger charge is -2.38. The summed E-state index contributed by atoms with van der Waals surface area (Å²) in [6, 6.07) is 9.26. The van der Waals surface area contributed by atoms with E-state index in [1.807, 2.05) is 29.2 Å². The standard InChI is InChI=1S/C21H27N5O3/c1-21(2,18(27)24-15-16-7-4-5-8-17(16)29-3)19(28)25-11-13-26(14-12-25)20-22-9-6-10-23-20/h4-10H,11-15H2,1-3H3,(H,24,27). The number of hydrogen-bond donors (Lipinski definition) is 1. The molecule has 8 heteroatoms. The zero-order valence-electron chi connectivity index (χ0n) is 17.1. The van der Waals surface area contributed by atoms with Crippen molar-refractivity contribution in [3.8, 4) is 5.75 Å². The summed E-state index contributed by atoms with van der Waals surface area (Å²) in [6.07, 6.45) is 3.41. The number of carbonyl (C=O) groups excluding carboxylic acids is 2. The minimum atomic E-state index is -1.16. The summed E-state index contributed by atoms with van der Waals surface area (Å²) in [7, 11) is 1.59. The highest BCUT2D eigenvalue weighted by Gasteiger charge is 2.40. The van der Waals surface area contributed by atoms with E-state index in [-0.39, 0.29) is 11.8 Å². The van der Waals surface area contributed by atoms with Crippen LogP contribution in [0, 0.1) is 5.41 Å². The second kappa shape index (κ2) is 8.89. The van der Waals surface area contributed by atoms with E-state index in [9.17, 15) is 9.59 Å². The fourth-order valence-corrected chi connectivity index (χ4v) is 3.30. The van der Waals surface area contributed by atoms with Crippen molar-refractivity contribution in [3.05, 3.63) is 48.3 Å². The maximum atomic E-state index is 13.0. The van der Waals surface area contributed by atoms with Crippen LogP contribution in [0.4, 0.5) is 5.95 Å². The van der Waals surface area contributed by atoms with E-state index in [0.29, 0.717) is 44.4 Å². The van der Waals surface area contributed by atoms with Gasteiger partial charge in [-0.2, -0.15) is 0 Å². The smallest absolute Gasteiger partial charge is 0.237 e. The van der Waals surface area contributed by atoms with Gasteiger partial charge in [-0.25, -0.2) is 9.97 Å². The van der Waals surface area contributed by atoms with Gasteiger partial charge in [-0.05, 0) is 26.0 Å². The molecule has 0 bridgehead atoms. The van der Waals surface area contributed by atoms with E-state index in [4.69, 9.17) is 4.74 Å². The fourth-order valence-electron chi connectivity index (χ4n) is 3.30. The van der Waals surface area contributed by atoms with Crippen molar-refractivity contribution < 1.29 is 14.3 Å². The molecule has 29 heavy (non-hydrogen) atoms. The van der Waals surface area contributed by atoms with Crippen LogP contribution in [0.25, 0.3) is 0 Å². The zero-order valence-corrected chi connectivity index (χ0v) is 17.1. The Kier molecular flexibility index (Phi) is 6.31. The molecule has 2 amide bonds. The Balaban J connectivity index is 1.57. The van der Waals surface area contributed by atoms with Gasteiger partial charge in [0.05, 0.1) is 7.11 Å². The largest absolute Gasteiger partial charge is 0.496 e. The monoisotopic (exact) mass is 397 g/mol. The summed E-state index contributed by atoms with van der Waals surface area (Å²) in [6.45, 7) is 5.96. The lowest BCUT2D eigenvalue weighted by Crippen LogP contribution is -2.55. The number of nitrogens with zero attached hydrogens (tertiary/aromatic N) is 4. The zero-order chi connectivity index (χ0) is 20.9. The van der Waals surface area contributed by atoms with Crippen LogP contribution in [0.5, 0.6) is 5.75 Å². The quantitative estimate of drug-likeness (QED) is 0.743. The molecular weight excluding hydrogens is 370 g/mol. The van der Waals surface area contributed by atoms with Crippen LogP contribution in [0.2, 0.25) is 0 Å². The average Bonchev–Trinajstić information content (AvgIpc) is 2.77. The minimum absolute atomic E-state index is 0.177. The lowest BCUT2D eigenvalue weighted by atomic mass is 9.89. The number of ether oxygens (including phenoxy) is 1. The van der Waals surface area contributed by atoms with Crippen molar-refractivity contribution in [2.24, 2.45) is 5.41 Å². The van der Waals surface area contributed by atoms with Crippen LogP contribution < -0.4 is 15.0 Å². The molecule has 1 saturated heterocycles. The Bertz CT molecular complexity index is 848. The van der Waals surface area contributed by atoms with Gasteiger partial charge in [0.15, 0.2) is 0 Å². The van der Waals surface area contributed by atoms with Crippen LogP contribution in [-0.2, 0) is 16.1 Å². The number of benzene rings is 1. The van der Waals surface area contributed by atoms with Crippen LogP contribution in [0.3, 0.4) is 0 Å². The summed E-state index contributed by atoms with van der Waals surface area (Å²) in [5.41, 5.74) is -0.295. The number of para-hydroxylation sites is 1. The van der Waals surface area contributed by atoms with Crippen molar-refractivity contribution in [1.82, 2.24) is 20.2 Å². The first kappa shape index (κ1) is 20.6. The second-order valence-electron chi connectivity index (χ2n) is 7.45. The molecule has 0 aliphatic carbocycles. The molecule has 8 nitrogen and oxygen atoms in total. The van der Waals surface area contributed by atoms with Crippen LogP contribution in [0.1, 0.15) is 19.4 Å². The number of piperazine rings is 1. The second-order valence-corrected chi connectivity index (χ2v) is 7.45. The third kappa shape index (κ3) is 4.64. The predicted molar refractivity (Wildman–Crippen MR) is 109 cm³/mol. The van der Waals surface area contributed by atoms with Gasteiger partial charge in [-0.1, -0.05) is 18.2 Å². The van der Waals surface area contributed by atoms with Crippen molar-refractivity contribution in [1.29, 1.82) is 0 Å². The SMILES string of the molecule is COc1ccccc1CNC(=O)C(C)(C)C(=O)N1CCN(c2ncccn2)CC1. The molecule has 0 spiro atoms. The van der Waals surface area contributed by atoms with E-state index in [0.717, 1.165) is 5.56 Å². The van der Waals surface area contributed by atoms with E-state index in [1.54, 1.807) is 44.3 Å². The number of carbonyl (C=O) groups is 2. The predicted octanol–water partition coefficient (Wildman–Crippen LogP) is 1.48. The lowest BCUT2D eigenvalue weighted by molar-refractivity contribution is -0.148. The fraction of sp³-hybridized carbons (Fsp3) is 0.429. The van der Waals surface area contributed by atoms with Crippen molar-refractivity contribution >= 4 is 17.8 Å². The first-order valence-corrected chi connectivity index (χ1v) is 9.65. The van der Waals surface area contributed by atoms with Gasteiger partial charge >= 0.3 is 0 Å². The number of amides is 2. The van der Waals surface area contributed by atoms with E-state index in [2.05, 4.69) is 15.3 Å². The molecule has 1 N–H and O–H groups in total. The Labute approximate surface area is 170 Å². The molecule has 0 saturated carbocycles. The summed E-state index contributed by atoms with van der Waals surface area (Å²) < 4.78 is 5.31. The molecule has 1 aromatic carbocycles. The Morgan fingerprint density at radius 1 is 1.07 bits per heavy atom. The van der Waals surface area contributed by atoms with Gasteiger partial charge in [-0.3, -0.25) is 9.59 Å². The van der Waals surface area contributed by atoms with Gasteiger partial charge < -0.3 is 19.9 Å². The topological polar surface area (TPSA) is 87.7 Å². The highest BCUT2D eigenvalue weighted by atomic mass is 16.5. The van der Waals surface area contributed by atoms with E-state index >= 15 is 0 Å². The van der Waals surface area contributed by atoms with Crippen molar-refractivity contribution in [3.63, 3.8) is 0 Å². The van der Waals surface area contributed by atoms with Gasteiger partial charge in [0.2, 0.25) is 17.8 Å². The molecule has 0 unspecified atom stereocenters. The first-order chi connectivity index (χ1) is 13.9. The average molecular weight is 397 g/mol. The van der Waals surface area contributed by atoms with Crippen LogP contribution in [-0.4, -0.2) is 60.0 Å². The van der Waals surface area contributed by atoms with E-state index in [1.165, 1.54) is 0 Å². The third-order valence-corrected chi connectivity index (χ3v) is 5.14. The van der Waals surface area contributed by atoms with Crippen LogP contribution in [0.15, 0.2) is 42.7 Å². The minimum Gasteiger partial charge on any atom is -0.496 e. The Hall–Kier alpha value is -3.16. The number of methoxy groups -OCH3 is 1. The number of nitrogens with one attached hydrogen (secondary N) is 1. The number of rotatable bonds is 6. The number of anilines is 1. The third-order valence-electron chi connectivity index (χ3n) is 5.14. The molecule has 3 rings (SSSR count). The molecular formula is C21H27N5O3. The van der Waals surface area contributed by atoms with Gasteiger partial charge in [0.25, 0.3) is 0 Å². The van der Waals surface area contributed by atoms with Gasteiger partial charge in [0.1, 0.15) is 11.2 Å². The highest BCUT2D eigenvalue weighted by molar-refractivity contribution is 6.04. The van der Waals surface area contributed by atoms with Crippen molar-refractivity contribution in [2.75, 3.05) is 38.2 Å².